The minimum absolute atomic E-state index is 0.0657. The van der Waals surface area contributed by atoms with Crippen molar-refractivity contribution in [3.63, 3.8) is 0 Å². The molecule has 2 aromatic rings. The highest BCUT2D eigenvalue weighted by molar-refractivity contribution is 5.87. The standard InChI is InChI=1S/C28H34N2O5/c1-3-10-24(25(31)30-28(2)16-9-8-15-23(28)26(32)33)29-27(34)35-17-22-20-13-6-4-11-18(20)19-12-5-7-14-21(19)22/h4-7,11-14,22-24H,3,8-10,15-17H2,1-2H3,(H,29,34)(H,30,31)(H,32,33)/t23?,24-,28?/m0/s1. The molecule has 1 saturated carbocycles. The van der Waals surface area contributed by atoms with Crippen LogP contribution in [0.15, 0.2) is 48.5 Å². The van der Waals surface area contributed by atoms with E-state index < -0.39 is 29.6 Å². The normalized spacial score (nSPS) is 21.9. The van der Waals surface area contributed by atoms with Gasteiger partial charge in [0.25, 0.3) is 0 Å². The summed E-state index contributed by atoms with van der Waals surface area (Å²) in [6.45, 7) is 3.89. The van der Waals surface area contributed by atoms with Gasteiger partial charge in [0, 0.05) is 5.92 Å². The largest absolute Gasteiger partial charge is 0.481 e. The molecule has 0 radical (unpaired) electrons. The van der Waals surface area contributed by atoms with E-state index in [4.69, 9.17) is 4.74 Å². The summed E-state index contributed by atoms with van der Waals surface area (Å²) in [7, 11) is 0. The number of carbonyl (C=O) groups is 3. The lowest BCUT2D eigenvalue weighted by Crippen LogP contribution is -2.59. The number of nitrogens with one attached hydrogen (secondary N) is 2. The van der Waals surface area contributed by atoms with Crippen LogP contribution in [0, 0.1) is 5.92 Å². The number of carboxylic acid groups (broad SMARTS) is 1. The Bertz CT molecular complexity index is 1050. The van der Waals surface area contributed by atoms with Crippen LogP contribution >= 0.6 is 0 Å². The molecule has 35 heavy (non-hydrogen) atoms. The van der Waals surface area contributed by atoms with Crippen molar-refractivity contribution >= 4 is 18.0 Å². The molecule has 186 valence electrons. The summed E-state index contributed by atoms with van der Waals surface area (Å²) >= 11 is 0. The molecule has 0 spiro atoms. The average Bonchev–Trinajstić information content (AvgIpc) is 3.16. The van der Waals surface area contributed by atoms with Gasteiger partial charge < -0.3 is 20.5 Å². The molecule has 4 rings (SSSR count). The number of carboxylic acids is 1. The molecule has 0 saturated heterocycles. The van der Waals surface area contributed by atoms with Gasteiger partial charge in [-0.15, -0.1) is 0 Å². The van der Waals surface area contributed by atoms with Crippen molar-refractivity contribution in [2.24, 2.45) is 5.92 Å². The first-order valence-corrected chi connectivity index (χ1v) is 12.5. The number of fused-ring (bicyclic) bond motifs is 3. The molecule has 2 aliphatic rings. The Balaban J connectivity index is 1.41. The number of carbonyl (C=O) groups excluding carboxylic acids is 2. The van der Waals surface area contributed by atoms with Crippen LogP contribution < -0.4 is 10.6 Å². The number of rotatable bonds is 8. The van der Waals surface area contributed by atoms with Gasteiger partial charge >= 0.3 is 12.1 Å². The van der Waals surface area contributed by atoms with E-state index in [0.717, 1.165) is 35.1 Å². The van der Waals surface area contributed by atoms with Crippen molar-refractivity contribution in [1.29, 1.82) is 0 Å². The Morgan fingerprint density at radius 1 is 1.06 bits per heavy atom. The van der Waals surface area contributed by atoms with E-state index >= 15 is 0 Å². The second kappa shape index (κ2) is 10.5. The Morgan fingerprint density at radius 2 is 1.69 bits per heavy atom. The van der Waals surface area contributed by atoms with Gasteiger partial charge in [-0.2, -0.15) is 0 Å². The molecule has 2 unspecified atom stereocenters. The van der Waals surface area contributed by atoms with Crippen LogP contribution in [0.1, 0.15) is 69.4 Å². The van der Waals surface area contributed by atoms with Gasteiger partial charge in [0.15, 0.2) is 0 Å². The fourth-order valence-electron chi connectivity index (χ4n) is 5.59. The van der Waals surface area contributed by atoms with E-state index in [2.05, 4.69) is 34.9 Å². The predicted octanol–water partition coefficient (Wildman–Crippen LogP) is 4.84. The number of ether oxygens (including phenoxy) is 1. The molecule has 1 fully saturated rings. The molecule has 0 aliphatic heterocycles. The third kappa shape index (κ3) is 5.19. The first-order valence-electron chi connectivity index (χ1n) is 12.5. The van der Waals surface area contributed by atoms with E-state index in [1.54, 1.807) is 6.92 Å². The molecule has 7 nitrogen and oxygen atoms in total. The summed E-state index contributed by atoms with van der Waals surface area (Å²) in [5, 5.41) is 15.3. The third-order valence-electron chi connectivity index (χ3n) is 7.44. The van der Waals surface area contributed by atoms with Gasteiger partial charge in [-0.25, -0.2) is 4.79 Å². The SMILES string of the molecule is CCC[C@H](NC(=O)OCC1c2ccccc2-c2ccccc21)C(=O)NC1(C)CCCCC1C(=O)O. The molecule has 2 amide bonds. The molecular weight excluding hydrogens is 444 g/mol. The number of alkyl carbamates (subject to hydrolysis) is 1. The quantitative estimate of drug-likeness (QED) is 0.503. The van der Waals surface area contributed by atoms with E-state index in [1.165, 1.54) is 0 Å². The molecule has 0 aromatic heterocycles. The maximum Gasteiger partial charge on any atom is 0.407 e. The number of benzene rings is 2. The summed E-state index contributed by atoms with van der Waals surface area (Å²) in [5.41, 5.74) is 3.70. The maximum absolute atomic E-state index is 13.1. The van der Waals surface area contributed by atoms with Crippen LogP contribution in [0.5, 0.6) is 0 Å². The highest BCUT2D eigenvalue weighted by Crippen LogP contribution is 2.44. The van der Waals surface area contributed by atoms with Gasteiger partial charge in [0.2, 0.25) is 5.91 Å². The maximum atomic E-state index is 13.1. The van der Waals surface area contributed by atoms with Crippen molar-refractivity contribution in [3.05, 3.63) is 59.7 Å². The molecule has 3 atom stereocenters. The van der Waals surface area contributed by atoms with E-state index in [-0.39, 0.29) is 18.4 Å². The molecule has 3 N–H and O–H groups in total. The third-order valence-corrected chi connectivity index (χ3v) is 7.44. The number of amides is 2. The first kappa shape index (κ1) is 24.8. The van der Waals surface area contributed by atoms with Gasteiger partial charge in [0.05, 0.1) is 11.5 Å². The van der Waals surface area contributed by atoms with Crippen LogP contribution in [0.4, 0.5) is 4.79 Å². The minimum atomic E-state index is -0.899. The Morgan fingerprint density at radius 3 is 2.29 bits per heavy atom. The summed E-state index contributed by atoms with van der Waals surface area (Å²) in [5.74, 6) is -1.97. The van der Waals surface area contributed by atoms with Gasteiger partial charge in [-0.1, -0.05) is 74.7 Å². The van der Waals surface area contributed by atoms with Crippen LogP contribution in [0.3, 0.4) is 0 Å². The zero-order valence-corrected chi connectivity index (χ0v) is 20.4. The van der Waals surface area contributed by atoms with Crippen molar-refractivity contribution in [2.75, 3.05) is 6.61 Å². The van der Waals surface area contributed by atoms with E-state index in [1.807, 2.05) is 31.2 Å². The highest BCUT2D eigenvalue weighted by Gasteiger charge is 2.43. The van der Waals surface area contributed by atoms with Crippen LogP contribution in [-0.4, -0.2) is 41.3 Å². The molecule has 0 heterocycles. The zero-order valence-electron chi connectivity index (χ0n) is 20.4. The number of hydrogen-bond acceptors (Lipinski definition) is 4. The number of aliphatic carboxylic acids is 1. The van der Waals surface area contributed by atoms with Gasteiger partial charge in [-0.05, 0) is 48.4 Å². The fraction of sp³-hybridized carbons (Fsp3) is 0.464. The van der Waals surface area contributed by atoms with Crippen LogP contribution in [0.25, 0.3) is 11.1 Å². The lowest BCUT2D eigenvalue weighted by atomic mass is 9.73. The average molecular weight is 479 g/mol. The summed E-state index contributed by atoms with van der Waals surface area (Å²) < 4.78 is 5.62. The smallest absolute Gasteiger partial charge is 0.407 e. The fourth-order valence-corrected chi connectivity index (χ4v) is 5.59. The minimum Gasteiger partial charge on any atom is -0.481 e. The van der Waals surface area contributed by atoms with Crippen LogP contribution in [-0.2, 0) is 14.3 Å². The summed E-state index contributed by atoms with van der Waals surface area (Å²) in [6.07, 6.45) is 3.29. The molecule has 7 heteroatoms. The second-order valence-corrected chi connectivity index (χ2v) is 9.85. The molecule has 2 aromatic carbocycles. The Labute approximate surface area is 206 Å². The van der Waals surface area contributed by atoms with Crippen molar-refractivity contribution in [2.45, 2.75) is 69.9 Å². The zero-order chi connectivity index (χ0) is 25.0. The van der Waals surface area contributed by atoms with E-state index in [0.29, 0.717) is 25.7 Å². The van der Waals surface area contributed by atoms with Gasteiger partial charge in [-0.3, -0.25) is 9.59 Å². The number of hydrogen-bond donors (Lipinski definition) is 3. The summed E-state index contributed by atoms with van der Waals surface area (Å²) in [6, 6.07) is 15.4. The van der Waals surface area contributed by atoms with Gasteiger partial charge in [0.1, 0.15) is 12.6 Å². The topological polar surface area (TPSA) is 105 Å². The monoisotopic (exact) mass is 478 g/mol. The molecule has 0 bridgehead atoms. The van der Waals surface area contributed by atoms with E-state index in [9.17, 15) is 19.5 Å². The van der Waals surface area contributed by atoms with Crippen LogP contribution in [0.2, 0.25) is 0 Å². The Hall–Kier alpha value is -3.35. The molecular formula is C28H34N2O5. The summed E-state index contributed by atoms with van der Waals surface area (Å²) in [4.78, 5) is 37.6. The lowest BCUT2D eigenvalue weighted by Gasteiger charge is -2.40. The van der Waals surface area contributed by atoms with Crippen molar-refractivity contribution in [1.82, 2.24) is 10.6 Å². The lowest BCUT2D eigenvalue weighted by molar-refractivity contribution is -0.147. The van der Waals surface area contributed by atoms with Crippen molar-refractivity contribution in [3.8, 4) is 11.1 Å². The van der Waals surface area contributed by atoms with Crippen molar-refractivity contribution < 1.29 is 24.2 Å². The molecule has 2 aliphatic carbocycles. The first-order chi connectivity index (χ1) is 16.8. The highest BCUT2D eigenvalue weighted by atomic mass is 16.5. The Kier molecular flexibility index (Phi) is 7.43. The second-order valence-electron chi connectivity index (χ2n) is 9.85. The predicted molar refractivity (Wildman–Crippen MR) is 133 cm³/mol.